The second-order valence-corrected chi connectivity index (χ2v) is 5.64. The summed E-state index contributed by atoms with van der Waals surface area (Å²) in [6, 6.07) is 8.39. The Kier molecular flexibility index (Phi) is 4.17. The van der Waals surface area contributed by atoms with Crippen LogP contribution >= 0.6 is 0 Å². The molecule has 0 bridgehead atoms. The molecule has 8 nitrogen and oxygen atoms in total. The fraction of sp³-hybridized carbons (Fsp3) is 0.111. The number of imide groups is 2. The first kappa shape index (κ1) is 17.2. The number of amides is 4. The van der Waals surface area contributed by atoms with Crippen LogP contribution in [0, 0.1) is 0 Å². The van der Waals surface area contributed by atoms with Crippen LogP contribution in [-0.4, -0.2) is 47.7 Å². The standard InChI is InChI=1S/C18H14N2O6/c1-19-15(21)13(16(22)20(2)18(19)25)9-12-6-7-14(26-12)10-4-3-5-11(8-10)17(23)24/h3-9H,1-2H3,(H,23,24)/p-1. The number of hydrogen-bond donors (Lipinski definition) is 0. The van der Waals surface area contributed by atoms with Crippen LogP contribution in [0.5, 0.6) is 0 Å². The van der Waals surface area contributed by atoms with Crippen LogP contribution in [-0.2, 0) is 9.59 Å². The van der Waals surface area contributed by atoms with E-state index in [-0.39, 0.29) is 16.9 Å². The third-order valence-electron chi connectivity index (χ3n) is 3.94. The predicted molar refractivity (Wildman–Crippen MR) is 87.4 cm³/mol. The maximum atomic E-state index is 12.2. The summed E-state index contributed by atoms with van der Waals surface area (Å²) in [4.78, 5) is 48.7. The number of carbonyl (C=O) groups is 4. The molecule has 2 heterocycles. The van der Waals surface area contributed by atoms with E-state index in [4.69, 9.17) is 4.42 Å². The van der Waals surface area contributed by atoms with Crippen molar-refractivity contribution >= 4 is 29.9 Å². The van der Waals surface area contributed by atoms with Crippen LogP contribution in [0.3, 0.4) is 0 Å². The van der Waals surface area contributed by atoms with Crippen LogP contribution in [0.2, 0.25) is 0 Å². The van der Waals surface area contributed by atoms with Gasteiger partial charge in [0.1, 0.15) is 17.1 Å². The number of benzene rings is 1. The molecule has 1 saturated heterocycles. The molecule has 0 unspecified atom stereocenters. The number of aromatic carboxylic acids is 1. The van der Waals surface area contributed by atoms with Crippen molar-refractivity contribution < 1.29 is 28.7 Å². The van der Waals surface area contributed by atoms with Gasteiger partial charge in [-0.15, -0.1) is 0 Å². The lowest BCUT2D eigenvalue weighted by Crippen LogP contribution is -2.52. The van der Waals surface area contributed by atoms with E-state index in [2.05, 4.69) is 0 Å². The summed E-state index contributed by atoms with van der Waals surface area (Å²) in [6.07, 6.45) is 1.25. The van der Waals surface area contributed by atoms with E-state index in [1.807, 2.05) is 0 Å². The summed E-state index contributed by atoms with van der Waals surface area (Å²) >= 11 is 0. The molecule has 26 heavy (non-hydrogen) atoms. The van der Waals surface area contributed by atoms with Crippen molar-refractivity contribution in [3.05, 3.63) is 53.3 Å². The van der Waals surface area contributed by atoms with E-state index >= 15 is 0 Å². The number of furan rings is 1. The van der Waals surface area contributed by atoms with Crippen LogP contribution in [0.4, 0.5) is 4.79 Å². The number of likely N-dealkylation sites (N-methyl/N-ethyl adjacent to an activating group) is 2. The molecule has 0 atom stereocenters. The molecular weight excluding hydrogens is 340 g/mol. The van der Waals surface area contributed by atoms with Crippen molar-refractivity contribution in [1.82, 2.24) is 9.80 Å². The molecule has 0 radical (unpaired) electrons. The Balaban J connectivity index is 1.95. The number of rotatable bonds is 3. The minimum absolute atomic E-state index is 0.00166. The van der Waals surface area contributed by atoms with E-state index in [9.17, 15) is 24.3 Å². The van der Waals surface area contributed by atoms with Gasteiger partial charge in [-0.3, -0.25) is 19.4 Å². The van der Waals surface area contributed by atoms with E-state index < -0.39 is 23.8 Å². The van der Waals surface area contributed by atoms with Gasteiger partial charge >= 0.3 is 6.03 Å². The number of carboxylic acids is 1. The molecule has 1 aliphatic heterocycles. The van der Waals surface area contributed by atoms with Crippen LogP contribution in [0.15, 0.2) is 46.4 Å². The summed E-state index contributed by atoms with van der Waals surface area (Å²) in [6.45, 7) is 0. The van der Waals surface area contributed by atoms with Crippen molar-refractivity contribution in [2.75, 3.05) is 14.1 Å². The lowest BCUT2D eigenvalue weighted by Gasteiger charge is -2.28. The molecule has 0 spiro atoms. The molecule has 2 aromatic rings. The van der Waals surface area contributed by atoms with E-state index in [0.29, 0.717) is 11.3 Å². The topological polar surface area (TPSA) is 111 Å². The highest BCUT2D eigenvalue weighted by atomic mass is 16.4. The fourth-order valence-electron chi connectivity index (χ4n) is 2.50. The van der Waals surface area contributed by atoms with Gasteiger partial charge in [0, 0.05) is 19.7 Å². The molecule has 0 aliphatic carbocycles. The monoisotopic (exact) mass is 353 g/mol. The number of urea groups is 1. The molecule has 0 saturated carbocycles. The van der Waals surface area contributed by atoms with E-state index in [1.165, 1.54) is 38.4 Å². The molecule has 4 amide bonds. The molecule has 1 aromatic carbocycles. The maximum Gasteiger partial charge on any atom is 0.333 e. The third-order valence-corrected chi connectivity index (χ3v) is 3.94. The van der Waals surface area contributed by atoms with Gasteiger partial charge < -0.3 is 14.3 Å². The normalized spacial score (nSPS) is 14.8. The quantitative estimate of drug-likeness (QED) is 0.594. The van der Waals surface area contributed by atoms with E-state index in [0.717, 1.165) is 9.80 Å². The van der Waals surface area contributed by atoms with Gasteiger partial charge in [0.15, 0.2) is 0 Å². The number of hydrogen-bond acceptors (Lipinski definition) is 6. The van der Waals surface area contributed by atoms with Crippen LogP contribution in [0.1, 0.15) is 16.1 Å². The number of carbonyl (C=O) groups excluding carboxylic acids is 4. The minimum Gasteiger partial charge on any atom is -0.545 e. The van der Waals surface area contributed by atoms with Crippen LogP contribution in [0.25, 0.3) is 17.4 Å². The molecule has 1 aromatic heterocycles. The average molecular weight is 353 g/mol. The maximum absolute atomic E-state index is 12.2. The van der Waals surface area contributed by atoms with E-state index in [1.54, 1.807) is 18.2 Å². The molecule has 0 N–H and O–H groups in total. The number of carboxylic acid groups (broad SMARTS) is 1. The van der Waals surface area contributed by atoms with Crippen molar-refractivity contribution in [1.29, 1.82) is 0 Å². The molecule has 1 fully saturated rings. The number of nitrogens with zero attached hydrogens (tertiary/aromatic N) is 2. The minimum atomic E-state index is -1.31. The predicted octanol–water partition coefficient (Wildman–Crippen LogP) is 0.744. The van der Waals surface area contributed by atoms with Gasteiger partial charge in [0.05, 0.1) is 5.97 Å². The highest BCUT2D eigenvalue weighted by molar-refractivity contribution is 6.30. The molecular formula is C18H13N2O6-. The highest BCUT2D eigenvalue weighted by Crippen LogP contribution is 2.25. The molecule has 3 rings (SSSR count). The summed E-state index contributed by atoms with van der Waals surface area (Å²) < 4.78 is 5.59. The Morgan fingerprint density at radius 1 is 1.04 bits per heavy atom. The zero-order valence-electron chi connectivity index (χ0n) is 13.9. The van der Waals surface area contributed by atoms with Gasteiger partial charge in [-0.05, 0) is 29.8 Å². The summed E-state index contributed by atoms with van der Waals surface area (Å²) in [5, 5.41) is 10.9. The molecule has 132 valence electrons. The van der Waals surface area contributed by atoms with Crippen molar-refractivity contribution in [2.45, 2.75) is 0 Å². The first-order valence-corrected chi connectivity index (χ1v) is 7.53. The van der Waals surface area contributed by atoms with Crippen molar-refractivity contribution in [2.24, 2.45) is 0 Å². The van der Waals surface area contributed by atoms with Crippen molar-refractivity contribution in [3.8, 4) is 11.3 Å². The van der Waals surface area contributed by atoms with Gasteiger partial charge in [-0.25, -0.2) is 4.79 Å². The summed E-state index contributed by atoms with van der Waals surface area (Å²) in [7, 11) is 2.56. The molecule has 8 heteroatoms. The Bertz CT molecular complexity index is 946. The largest absolute Gasteiger partial charge is 0.545 e. The third kappa shape index (κ3) is 2.88. The Morgan fingerprint density at radius 2 is 1.69 bits per heavy atom. The Morgan fingerprint density at radius 3 is 2.31 bits per heavy atom. The van der Waals surface area contributed by atoms with Gasteiger partial charge in [0.2, 0.25) is 0 Å². The number of barbiturate groups is 1. The van der Waals surface area contributed by atoms with Crippen molar-refractivity contribution in [3.63, 3.8) is 0 Å². The lowest BCUT2D eigenvalue weighted by atomic mass is 10.1. The first-order chi connectivity index (χ1) is 12.3. The van der Waals surface area contributed by atoms with Gasteiger partial charge in [0.25, 0.3) is 11.8 Å². The van der Waals surface area contributed by atoms with Gasteiger partial charge in [-0.1, -0.05) is 18.2 Å². The zero-order chi connectivity index (χ0) is 19.0. The zero-order valence-corrected chi connectivity index (χ0v) is 13.9. The highest BCUT2D eigenvalue weighted by Gasteiger charge is 2.38. The average Bonchev–Trinajstić information content (AvgIpc) is 3.11. The summed E-state index contributed by atoms with van der Waals surface area (Å²) in [5.74, 6) is -2.19. The lowest BCUT2D eigenvalue weighted by molar-refractivity contribution is -0.255. The Hall–Kier alpha value is -3.68. The second-order valence-electron chi connectivity index (χ2n) is 5.64. The molecule has 1 aliphatic rings. The Labute approximate surface area is 147 Å². The SMILES string of the molecule is CN1C(=O)C(=Cc2ccc(-c3cccc(C(=O)[O-])c3)o2)C(=O)N(C)C1=O. The van der Waals surface area contributed by atoms with Gasteiger partial charge in [-0.2, -0.15) is 0 Å². The smallest absolute Gasteiger partial charge is 0.333 e. The second kappa shape index (κ2) is 6.32. The first-order valence-electron chi connectivity index (χ1n) is 7.53. The van der Waals surface area contributed by atoms with Crippen LogP contribution < -0.4 is 5.11 Å². The summed E-state index contributed by atoms with van der Waals surface area (Å²) in [5.41, 5.74) is 0.291. The fourth-order valence-corrected chi connectivity index (χ4v) is 2.50.